The number of nitrogens with zero attached hydrogens (tertiary/aromatic N) is 1. The normalized spacial score (nSPS) is 11.7. The van der Waals surface area contributed by atoms with Gasteiger partial charge in [0.1, 0.15) is 24.1 Å². The fraction of sp³-hybridized carbons (Fsp3) is 0.400. The van der Waals surface area contributed by atoms with Crippen molar-refractivity contribution in [3.8, 4) is 11.5 Å². The SMILES string of the molecule is COc1ccc(OCCN(C)C(=O)C(NC(=O)c2ccco2)C(C)C)cc1. The molecule has 1 N–H and O–H groups in total. The van der Waals surface area contributed by atoms with Crippen LogP contribution >= 0.6 is 0 Å². The first-order chi connectivity index (χ1) is 12.9. The van der Waals surface area contributed by atoms with E-state index in [1.54, 1.807) is 43.3 Å². The minimum atomic E-state index is -0.645. The third kappa shape index (κ3) is 5.77. The second-order valence-corrected chi connectivity index (χ2v) is 6.46. The fourth-order valence-electron chi connectivity index (χ4n) is 2.45. The minimum absolute atomic E-state index is 0.0682. The van der Waals surface area contributed by atoms with Crippen molar-refractivity contribution in [1.82, 2.24) is 10.2 Å². The molecule has 0 radical (unpaired) electrons. The molecule has 0 aliphatic rings. The van der Waals surface area contributed by atoms with E-state index in [2.05, 4.69) is 5.32 Å². The summed E-state index contributed by atoms with van der Waals surface area (Å²) in [6, 6.07) is 9.77. The van der Waals surface area contributed by atoms with Gasteiger partial charge >= 0.3 is 0 Å². The van der Waals surface area contributed by atoms with Gasteiger partial charge in [0, 0.05) is 7.05 Å². The van der Waals surface area contributed by atoms with E-state index < -0.39 is 11.9 Å². The maximum atomic E-state index is 12.7. The highest BCUT2D eigenvalue weighted by Gasteiger charge is 2.28. The molecule has 0 aliphatic carbocycles. The molecule has 1 aromatic heterocycles. The van der Waals surface area contributed by atoms with Crippen molar-refractivity contribution >= 4 is 11.8 Å². The van der Waals surface area contributed by atoms with Crippen LogP contribution in [0.2, 0.25) is 0 Å². The summed E-state index contributed by atoms with van der Waals surface area (Å²) in [4.78, 5) is 26.5. The van der Waals surface area contributed by atoms with Crippen molar-refractivity contribution in [2.45, 2.75) is 19.9 Å². The van der Waals surface area contributed by atoms with Crippen LogP contribution in [-0.4, -0.2) is 50.1 Å². The lowest BCUT2D eigenvalue weighted by molar-refractivity contribution is -0.133. The van der Waals surface area contributed by atoms with E-state index in [4.69, 9.17) is 13.9 Å². The minimum Gasteiger partial charge on any atom is -0.497 e. The first-order valence-electron chi connectivity index (χ1n) is 8.78. The lowest BCUT2D eigenvalue weighted by atomic mass is 10.0. The molecule has 2 aromatic rings. The van der Waals surface area contributed by atoms with E-state index in [1.165, 1.54) is 6.26 Å². The van der Waals surface area contributed by atoms with Gasteiger partial charge in [0.2, 0.25) is 5.91 Å². The van der Waals surface area contributed by atoms with Gasteiger partial charge in [-0.25, -0.2) is 0 Å². The quantitative estimate of drug-likeness (QED) is 0.730. The molecular formula is C20H26N2O5. The summed E-state index contributed by atoms with van der Waals surface area (Å²) in [5.74, 6) is 0.975. The van der Waals surface area contributed by atoms with Crippen LogP contribution in [0.15, 0.2) is 47.1 Å². The van der Waals surface area contributed by atoms with Crippen molar-refractivity contribution in [1.29, 1.82) is 0 Å². The maximum Gasteiger partial charge on any atom is 0.287 e. The Labute approximate surface area is 159 Å². The number of amides is 2. The Kier molecular flexibility index (Phi) is 7.28. The van der Waals surface area contributed by atoms with Crippen molar-refractivity contribution in [2.24, 2.45) is 5.92 Å². The van der Waals surface area contributed by atoms with Gasteiger partial charge in [0.05, 0.1) is 19.9 Å². The molecule has 0 fully saturated rings. The summed E-state index contributed by atoms with van der Waals surface area (Å²) in [5, 5.41) is 2.74. The largest absolute Gasteiger partial charge is 0.497 e. The number of ether oxygens (including phenoxy) is 2. The summed E-state index contributed by atoms with van der Waals surface area (Å²) in [7, 11) is 3.29. The van der Waals surface area contributed by atoms with Crippen molar-refractivity contribution in [2.75, 3.05) is 27.3 Å². The number of likely N-dealkylation sites (N-methyl/N-ethyl adjacent to an activating group) is 1. The van der Waals surface area contributed by atoms with Crippen molar-refractivity contribution in [3.05, 3.63) is 48.4 Å². The molecule has 1 heterocycles. The maximum absolute atomic E-state index is 12.7. The Morgan fingerprint density at radius 1 is 1.15 bits per heavy atom. The summed E-state index contributed by atoms with van der Waals surface area (Å²) in [6.45, 7) is 4.50. The number of rotatable bonds is 9. The Hall–Kier alpha value is -2.96. The van der Waals surface area contributed by atoms with Gasteiger partial charge in [0.15, 0.2) is 5.76 Å². The summed E-state index contributed by atoms with van der Waals surface area (Å²) in [6.07, 6.45) is 1.42. The summed E-state index contributed by atoms with van der Waals surface area (Å²) >= 11 is 0. The zero-order chi connectivity index (χ0) is 19.8. The zero-order valence-corrected chi connectivity index (χ0v) is 16.1. The van der Waals surface area contributed by atoms with Crippen molar-refractivity contribution < 1.29 is 23.5 Å². The molecule has 7 nitrogen and oxygen atoms in total. The molecular weight excluding hydrogens is 348 g/mol. The van der Waals surface area contributed by atoms with Gasteiger partial charge in [-0.1, -0.05) is 13.8 Å². The van der Waals surface area contributed by atoms with Gasteiger partial charge in [-0.3, -0.25) is 9.59 Å². The molecule has 2 rings (SSSR count). The Morgan fingerprint density at radius 3 is 2.37 bits per heavy atom. The second-order valence-electron chi connectivity index (χ2n) is 6.46. The average Bonchev–Trinajstić information content (AvgIpc) is 3.20. The third-order valence-electron chi connectivity index (χ3n) is 4.10. The standard InChI is InChI=1S/C20H26N2O5/c1-14(2)18(21-19(23)17-6-5-12-27-17)20(24)22(3)11-13-26-16-9-7-15(25-4)8-10-16/h5-10,12,14,18H,11,13H2,1-4H3,(H,21,23). The molecule has 0 spiro atoms. The number of carbonyl (C=O) groups is 2. The van der Waals surface area contributed by atoms with E-state index in [0.717, 1.165) is 5.75 Å². The summed E-state index contributed by atoms with van der Waals surface area (Å²) in [5.41, 5.74) is 0. The number of benzene rings is 1. The van der Waals surface area contributed by atoms with Crippen LogP contribution in [0.5, 0.6) is 11.5 Å². The number of carbonyl (C=O) groups excluding carboxylic acids is 2. The first kappa shape index (κ1) is 20.4. The van der Waals surface area contributed by atoms with E-state index in [-0.39, 0.29) is 17.6 Å². The first-order valence-corrected chi connectivity index (χ1v) is 8.78. The Morgan fingerprint density at radius 2 is 1.81 bits per heavy atom. The highest BCUT2D eigenvalue weighted by atomic mass is 16.5. The highest BCUT2D eigenvalue weighted by Crippen LogP contribution is 2.17. The van der Waals surface area contributed by atoms with E-state index in [1.807, 2.05) is 26.0 Å². The molecule has 1 aromatic carbocycles. The Bertz CT molecular complexity index is 725. The van der Waals surface area contributed by atoms with Crippen LogP contribution in [0, 0.1) is 5.92 Å². The van der Waals surface area contributed by atoms with Crippen LogP contribution in [0.1, 0.15) is 24.4 Å². The lowest BCUT2D eigenvalue weighted by Crippen LogP contribution is -2.50. The molecule has 7 heteroatoms. The van der Waals surface area contributed by atoms with Crippen LogP contribution in [-0.2, 0) is 4.79 Å². The zero-order valence-electron chi connectivity index (χ0n) is 16.1. The molecule has 146 valence electrons. The van der Waals surface area contributed by atoms with Crippen LogP contribution in [0.25, 0.3) is 0 Å². The van der Waals surface area contributed by atoms with Gasteiger partial charge in [-0.2, -0.15) is 0 Å². The Balaban J connectivity index is 1.87. The molecule has 27 heavy (non-hydrogen) atoms. The van der Waals surface area contributed by atoms with Gasteiger partial charge in [-0.15, -0.1) is 0 Å². The summed E-state index contributed by atoms with van der Waals surface area (Å²) < 4.78 is 15.8. The van der Waals surface area contributed by atoms with Gasteiger partial charge < -0.3 is 24.1 Å². The topological polar surface area (TPSA) is 81.0 Å². The predicted molar refractivity (Wildman–Crippen MR) is 101 cm³/mol. The third-order valence-corrected chi connectivity index (χ3v) is 4.10. The van der Waals surface area contributed by atoms with Crippen molar-refractivity contribution in [3.63, 3.8) is 0 Å². The predicted octanol–water partition coefficient (Wildman–Crippen LogP) is 2.58. The monoisotopic (exact) mass is 374 g/mol. The number of hydrogen-bond donors (Lipinski definition) is 1. The molecule has 1 unspecified atom stereocenters. The van der Waals surface area contributed by atoms with Crippen LogP contribution in [0.4, 0.5) is 0 Å². The van der Waals surface area contributed by atoms with Gasteiger partial charge in [-0.05, 0) is 42.3 Å². The van der Waals surface area contributed by atoms with Crippen LogP contribution in [0.3, 0.4) is 0 Å². The molecule has 0 aliphatic heterocycles. The smallest absolute Gasteiger partial charge is 0.287 e. The molecule has 1 atom stereocenters. The van der Waals surface area contributed by atoms with Gasteiger partial charge in [0.25, 0.3) is 5.91 Å². The number of furan rings is 1. The number of nitrogens with one attached hydrogen (secondary N) is 1. The average molecular weight is 374 g/mol. The fourth-order valence-corrected chi connectivity index (χ4v) is 2.45. The second kappa shape index (κ2) is 9.66. The molecule has 0 saturated heterocycles. The van der Waals surface area contributed by atoms with E-state index in [0.29, 0.717) is 18.9 Å². The molecule has 2 amide bonds. The lowest BCUT2D eigenvalue weighted by Gasteiger charge is -2.26. The number of hydrogen-bond acceptors (Lipinski definition) is 5. The van der Waals surface area contributed by atoms with E-state index in [9.17, 15) is 9.59 Å². The van der Waals surface area contributed by atoms with Crippen LogP contribution < -0.4 is 14.8 Å². The molecule has 0 bridgehead atoms. The molecule has 0 saturated carbocycles. The number of methoxy groups -OCH3 is 1. The van der Waals surface area contributed by atoms with E-state index >= 15 is 0 Å². The highest BCUT2D eigenvalue weighted by molar-refractivity contribution is 5.95.